The molecule has 1 saturated heterocycles. The molecule has 1 heterocycles. The molecule has 1 aromatic rings. The van der Waals surface area contributed by atoms with Gasteiger partial charge in [0.05, 0.1) is 18.2 Å². The second-order valence-corrected chi connectivity index (χ2v) is 7.51. The monoisotopic (exact) mass is 336 g/mol. The highest BCUT2D eigenvalue weighted by atomic mass is 32.2. The smallest absolute Gasteiger partial charge is 0.234 e. The third-order valence-corrected chi connectivity index (χ3v) is 5.39. The van der Waals surface area contributed by atoms with Crippen LogP contribution in [0.25, 0.3) is 6.08 Å². The zero-order valence-electron chi connectivity index (χ0n) is 12.8. The number of amides is 1. The van der Waals surface area contributed by atoms with Gasteiger partial charge in [-0.15, -0.1) is 0 Å². The lowest BCUT2D eigenvalue weighted by Gasteiger charge is -2.47. The Kier molecular flexibility index (Phi) is 4.52. The molecule has 1 aliphatic carbocycles. The van der Waals surface area contributed by atoms with E-state index in [2.05, 4.69) is 10.0 Å². The summed E-state index contributed by atoms with van der Waals surface area (Å²) in [4.78, 5) is 11.3. The first-order valence-corrected chi connectivity index (χ1v) is 9.15. The lowest BCUT2D eigenvalue weighted by Crippen LogP contribution is -2.70. The molecule has 2 fully saturated rings. The molecule has 1 saturated carbocycles. The molecule has 0 aromatic heterocycles. The lowest BCUT2D eigenvalue weighted by molar-refractivity contribution is -0.123. The van der Waals surface area contributed by atoms with Gasteiger partial charge in [-0.3, -0.25) is 4.79 Å². The molecular formula is C16H20N2O4S. The van der Waals surface area contributed by atoms with E-state index < -0.39 is 10.0 Å². The largest absolute Gasteiger partial charge is 0.376 e. The number of ether oxygens (including phenoxy) is 1. The molecular weight excluding hydrogens is 316 g/mol. The molecule has 23 heavy (non-hydrogen) atoms. The maximum atomic E-state index is 12.3. The topological polar surface area (TPSA) is 84.5 Å². The fraction of sp³-hybridized carbons (Fsp3) is 0.438. The van der Waals surface area contributed by atoms with Crippen LogP contribution in [0.5, 0.6) is 0 Å². The van der Waals surface area contributed by atoms with Crippen molar-refractivity contribution in [3.63, 3.8) is 0 Å². The molecule has 1 aliphatic heterocycles. The maximum absolute atomic E-state index is 12.3. The molecule has 1 amide bonds. The van der Waals surface area contributed by atoms with Gasteiger partial charge in [-0.2, -0.15) is 0 Å². The molecule has 0 radical (unpaired) electrons. The van der Waals surface area contributed by atoms with Gasteiger partial charge in [0.15, 0.2) is 0 Å². The summed E-state index contributed by atoms with van der Waals surface area (Å²) in [7, 11) is -3.58. The summed E-state index contributed by atoms with van der Waals surface area (Å²) in [5.41, 5.74) is 0.812. The fourth-order valence-corrected chi connectivity index (χ4v) is 4.35. The fourth-order valence-electron chi connectivity index (χ4n) is 3.24. The van der Waals surface area contributed by atoms with Gasteiger partial charge in [0.2, 0.25) is 15.9 Å². The molecule has 7 heteroatoms. The summed E-state index contributed by atoms with van der Waals surface area (Å²) in [6, 6.07) is 8.60. The predicted octanol–water partition coefficient (Wildman–Crippen LogP) is 0.869. The summed E-state index contributed by atoms with van der Waals surface area (Å²) in [5.74, 6) is -0.0697. The Morgan fingerprint density at radius 1 is 1.26 bits per heavy atom. The van der Waals surface area contributed by atoms with Crippen molar-refractivity contribution in [1.82, 2.24) is 10.0 Å². The lowest BCUT2D eigenvalue weighted by atomic mass is 9.72. The van der Waals surface area contributed by atoms with Crippen molar-refractivity contribution in [2.75, 3.05) is 6.61 Å². The van der Waals surface area contributed by atoms with E-state index in [-0.39, 0.29) is 30.0 Å². The van der Waals surface area contributed by atoms with Crippen LogP contribution in [0.1, 0.15) is 18.9 Å². The molecule has 2 N–H and O–H groups in total. The molecule has 124 valence electrons. The first kappa shape index (κ1) is 16.2. The number of hydrogen-bond acceptors (Lipinski definition) is 4. The molecule has 0 bridgehead atoms. The first-order chi connectivity index (χ1) is 11.0. The van der Waals surface area contributed by atoms with E-state index in [0.29, 0.717) is 6.61 Å². The van der Waals surface area contributed by atoms with Crippen LogP contribution in [0.2, 0.25) is 0 Å². The summed E-state index contributed by atoms with van der Waals surface area (Å²) in [6.07, 6.45) is 2.26. The Labute approximate surface area is 136 Å². The summed E-state index contributed by atoms with van der Waals surface area (Å²) in [6.45, 7) is 2.02. The number of nitrogens with one attached hydrogen (secondary N) is 2. The van der Waals surface area contributed by atoms with Gasteiger partial charge in [0.25, 0.3) is 0 Å². The van der Waals surface area contributed by atoms with Crippen LogP contribution in [0.4, 0.5) is 0 Å². The van der Waals surface area contributed by atoms with Crippen molar-refractivity contribution in [3.05, 3.63) is 41.3 Å². The van der Waals surface area contributed by atoms with Gasteiger partial charge >= 0.3 is 0 Å². The van der Waals surface area contributed by atoms with Crippen molar-refractivity contribution in [3.8, 4) is 0 Å². The highest BCUT2D eigenvalue weighted by molar-refractivity contribution is 7.92. The minimum Gasteiger partial charge on any atom is -0.376 e. The van der Waals surface area contributed by atoms with Crippen LogP contribution in [0.15, 0.2) is 35.7 Å². The zero-order valence-corrected chi connectivity index (χ0v) is 13.6. The second kappa shape index (κ2) is 6.43. The number of hydrogen-bond donors (Lipinski definition) is 2. The van der Waals surface area contributed by atoms with E-state index in [9.17, 15) is 13.2 Å². The van der Waals surface area contributed by atoms with Gasteiger partial charge in [0, 0.05) is 24.9 Å². The highest BCUT2D eigenvalue weighted by Gasteiger charge is 2.55. The van der Waals surface area contributed by atoms with Crippen LogP contribution in [0.3, 0.4) is 0 Å². The number of sulfonamides is 1. The molecule has 0 spiro atoms. The Balaban J connectivity index is 1.69. The molecule has 0 unspecified atom stereocenters. The Morgan fingerprint density at radius 3 is 2.70 bits per heavy atom. The quantitative estimate of drug-likeness (QED) is 0.835. The molecule has 6 nitrogen and oxygen atoms in total. The third kappa shape index (κ3) is 3.63. The van der Waals surface area contributed by atoms with E-state index in [4.69, 9.17) is 4.74 Å². The Morgan fingerprint density at radius 2 is 2.00 bits per heavy atom. The van der Waals surface area contributed by atoms with Crippen molar-refractivity contribution < 1.29 is 17.9 Å². The first-order valence-electron chi connectivity index (χ1n) is 7.60. The Bertz CT molecular complexity index is 702. The van der Waals surface area contributed by atoms with Gasteiger partial charge in [-0.05, 0) is 18.1 Å². The number of carbonyl (C=O) groups excluding carboxylic acids is 1. The van der Waals surface area contributed by atoms with Gasteiger partial charge in [-0.1, -0.05) is 30.3 Å². The highest BCUT2D eigenvalue weighted by Crippen LogP contribution is 2.39. The van der Waals surface area contributed by atoms with Crippen molar-refractivity contribution in [2.24, 2.45) is 5.92 Å². The van der Waals surface area contributed by atoms with E-state index >= 15 is 0 Å². The van der Waals surface area contributed by atoms with E-state index in [1.807, 2.05) is 30.3 Å². The minimum absolute atomic E-state index is 0.0929. The molecule has 4 atom stereocenters. The average Bonchev–Trinajstić information content (AvgIpc) is 2.95. The van der Waals surface area contributed by atoms with Crippen LogP contribution < -0.4 is 10.0 Å². The van der Waals surface area contributed by atoms with Crippen LogP contribution >= 0.6 is 0 Å². The summed E-state index contributed by atoms with van der Waals surface area (Å²) < 4.78 is 32.8. The maximum Gasteiger partial charge on any atom is 0.234 e. The predicted molar refractivity (Wildman–Crippen MR) is 86.8 cm³/mol. The number of benzene rings is 1. The van der Waals surface area contributed by atoms with E-state index in [1.165, 1.54) is 6.92 Å². The average molecular weight is 336 g/mol. The van der Waals surface area contributed by atoms with Crippen LogP contribution in [0, 0.1) is 5.92 Å². The van der Waals surface area contributed by atoms with Crippen molar-refractivity contribution in [1.29, 1.82) is 0 Å². The van der Waals surface area contributed by atoms with Gasteiger partial charge in [-0.25, -0.2) is 13.1 Å². The van der Waals surface area contributed by atoms with E-state index in [0.717, 1.165) is 17.4 Å². The van der Waals surface area contributed by atoms with Gasteiger partial charge in [0.1, 0.15) is 0 Å². The normalized spacial score (nSPS) is 30.0. The Hall–Kier alpha value is -1.70. The standard InChI is InChI=1S/C16H20N2O4S/c1-11(19)17-15-14(13-7-9-22-16(13)15)18-23(20,21)10-8-12-5-3-2-4-6-12/h2-6,8,10,13-16,18H,7,9H2,1H3,(H,17,19)/t13-,14+,15-,16-/m1/s1. The molecule has 2 aliphatic rings. The summed E-state index contributed by atoms with van der Waals surface area (Å²) >= 11 is 0. The number of fused-ring (bicyclic) bond motifs is 1. The second-order valence-electron chi connectivity index (χ2n) is 5.92. The zero-order chi connectivity index (χ0) is 16.4. The number of rotatable bonds is 5. The van der Waals surface area contributed by atoms with E-state index in [1.54, 1.807) is 6.08 Å². The summed E-state index contributed by atoms with van der Waals surface area (Å²) in [5, 5.41) is 3.95. The number of carbonyl (C=O) groups is 1. The molecule has 1 aromatic carbocycles. The van der Waals surface area contributed by atoms with Crippen molar-refractivity contribution in [2.45, 2.75) is 31.5 Å². The SMILES string of the molecule is CC(=O)N[C@@H]1[C@@H](NS(=O)(=O)C=Cc2ccccc2)[C@H]2CCO[C@H]21. The third-order valence-electron chi connectivity index (χ3n) is 4.30. The van der Waals surface area contributed by atoms with Crippen LogP contribution in [-0.4, -0.2) is 39.1 Å². The minimum atomic E-state index is -3.58. The van der Waals surface area contributed by atoms with Crippen molar-refractivity contribution >= 4 is 22.0 Å². The van der Waals surface area contributed by atoms with Gasteiger partial charge < -0.3 is 10.1 Å². The van der Waals surface area contributed by atoms with Crippen LogP contribution in [-0.2, 0) is 19.6 Å². The molecule has 3 rings (SSSR count).